The lowest BCUT2D eigenvalue weighted by Crippen LogP contribution is -2.28. The number of nitrogens with one attached hydrogen (secondary N) is 1. The van der Waals surface area contributed by atoms with E-state index in [9.17, 15) is 18.4 Å². The smallest absolute Gasteiger partial charge is 0.267 e. The minimum absolute atomic E-state index is 0.0861. The number of benzene rings is 1. The van der Waals surface area contributed by atoms with Gasteiger partial charge < -0.3 is 25.3 Å². The van der Waals surface area contributed by atoms with Crippen LogP contribution in [-0.2, 0) is 14.3 Å². The number of hydrogen-bond donors (Lipinski definition) is 2. The van der Waals surface area contributed by atoms with Crippen molar-refractivity contribution in [2.24, 2.45) is 5.73 Å². The Hall–Kier alpha value is -3.11. The van der Waals surface area contributed by atoms with E-state index in [4.69, 9.17) is 19.9 Å². The molecule has 1 fully saturated rings. The lowest BCUT2D eigenvalue weighted by atomic mass is 10.2. The van der Waals surface area contributed by atoms with Crippen molar-refractivity contribution in [1.29, 1.82) is 0 Å². The quantitative estimate of drug-likeness (QED) is 0.601. The van der Waals surface area contributed by atoms with E-state index in [0.29, 0.717) is 18.7 Å². The molecule has 2 atom stereocenters. The average Bonchev–Trinajstić information content (AvgIpc) is 3.25. The summed E-state index contributed by atoms with van der Waals surface area (Å²) >= 11 is 0. The Kier molecular flexibility index (Phi) is 12.6. The molecule has 1 aliphatic heterocycles. The SMILES string of the molecule is CC.CC1CC[C@H](C(=O)Nc2ccnc(C(N)=O)c2)O1.COCCOc1cccc(F)c1F. The molecule has 1 aliphatic rings. The van der Waals surface area contributed by atoms with Crippen molar-refractivity contribution in [2.45, 2.75) is 45.8 Å². The predicted molar refractivity (Wildman–Crippen MR) is 120 cm³/mol. The van der Waals surface area contributed by atoms with Crippen LogP contribution in [0, 0.1) is 11.6 Å². The van der Waals surface area contributed by atoms with Gasteiger partial charge in [0.05, 0.1) is 12.7 Å². The number of nitrogens with two attached hydrogens (primary N) is 1. The van der Waals surface area contributed by atoms with Gasteiger partial charge in [-0.25, -0.2) is 4.39 Å². The average molecular weight is 468 g/mol. The van der Waals surface area contributed by atoms with Gasteiger partial charge in [0.15, 0.2) is 11.6 Å². The second kappa shape index (κ2) is 14.9. The number of carbonyl (C=O) groups is 2. The summed E-state index contributed by atoms with van der Waals surface area (Å²) in [6, 6.07) is 6.84. The molecule has 3 rings (SSSR count). The first-order valence-corrected chi connectivity index (χ1v) is 10.6. The number of carbonyl (C=O) groups excluding carboxylic acids is 2. The third-order valence-electron chi connectivity index (χ3n) is 4.27. The molecule has 1 saturated heterocycles. The highest BCUT2D eigenvalue weighted by Gasteiger charge is 2.28. The number of aromatic nitrogens is 1. The molecule has 0 bridgehead atoms. The summed E-state index contributed by atoms with van der Waals surface area (Å²) in [5.41, 5.74) is 5.73. The molecule has 182 valence electrons. The number of hydrogen-bond acceptors (Lipinski definition) is 6. The highest BCUT2D eigenvalue weighted by atomic mass is 19.2. The van der Waals surface area contributed by atoms with Crippen LogP contribution in [0.2, 0.25) is 0 Å². The zero-order chi connectivity index (χ0) is 24.8. The summed E-state index contributed by atoms with van der Waals surface area (Å²) in [5.74, 6) is -2.79. The molecule has 2 aromatic rings. The Morgan fingerprint density at radius 3 is 2.55 bits per heavy atom. The Bertz CT molecular complexity index is 898. The molecular formula is C23H31F2N3O5. The van der Waals surface area contributed by atoms with Crippen molar-refractivity contribution in [1.82, 2.24) is 4.98 Å². The number of nitrogens with zero attached hydrogens (tertiary/aromatic N) is 1. The van der Waals surface area contributed by atoms with Gasteiger partial charge in [0.1, 0.15) is 18.4 Å². The first-order chi connectivity index (χ1) is 15.8. The van der Waals surface area contributed by atoms with Crippen LogP contribution in [0.1, 0.15) is 44.1 Å². The molecule has 33 heavy (non-hydrogen) atoms. The molecular weight excluding hydrogens is 436 g/mol. The topological polar surface area (TPSA) is 113 Å². The molecule has 0 spiro atoms. The van der Waals surface area contributed by atoms with Gasteiger partial charge in [-0.3, -0.25) is 14.6 Å². The van der Waals surface area contributed by atoms with E-state index in [-0.39, 0.29) is 30.1 Å². The van der Waals surface area contributed by atoms with Crippen LogP contribution in [0.4, 0.5) is 14.5 Å². The minimum atomic E-state index is -0.960. The van der Waals surface area contributed by atoms with Gasteiger partial charge in [-0.2, -0.15) is 4.39 Å². The maximum Gasteiger partial charge on any atom is 0.267 e. The highest BCUT2D eigenvalue weighted by Crippen LogP contribution is 2.21. The Morgan fingerprint density at radius 1 is 1.21 bits per heavy atom. The molecule has 8 nitrogen and oxygen atoms in total. The zero-order valence-corrected chi connectivity index (χ0v) is 19.3. The number of rotatable bonds is 7. The van der Waals surface area contributed by atoms with Crippen molar-refractivity contribution >= 4 is 17.5 Å². The van der Waals surface area contributed by atoms with E-state index < -0.39 is 23.6 Å². The molecule has 3 N–H and O–H groups in total. The first-order valence-electron chi connectivity index (χ1n) is 10.6. The summed E-state index contributed by atoms with van der Waals surface area (Å²) in [7, 11) is 1.51. The molecule has 1 aromatic heterocycles. The largest absolute Gasteiger partial charge is 0.488 e. The maximum atomic E-state index is 12.9. The summed E-state index contributed by atoms with van der Waals surface area (Å²) < 4.78 is 40.6. The number of halogens is 2. The first kappa shape index (κ1) is 27.9. The third-order valence-corrected chi connectivity index (χ3v) is 4.27. The fourth-order valence-electron chi connectivity index (χ4n) is 2.69. The Balaban J connectivity index is 0.000000322. The predicted octanol–water partition coefficient (Wildman–Crippen LogP) is 3.70. The summed E-state index contributed by atoms with van der Waals surface area (Å²) in [4.78, 5) is 26.6. The van der Waals surface area contributed by atoms with E-state index in [0.717, 1.165) is 12.5 Å². The van der Waals surface area contributed by atoms with Gasteiger partial charge in [0.2, 0.25) is 5.82 Å². The van der Waals surface area contributed by atoms with E-state index >= 15 is 0 Å². The van der Waals surface area contributed by atoms with Gasteiger partial charge in [0, 0.05) is 19.0 Å². The third kappa shape index (κ3) is 9.50. The maximum absolute atomic E-state index is 12.9. The van der Waals surface area contributed by atoms with E-state index in [1.54, 1.807) is 6.07 Å². The number of ether oxygens (including phenoxy) is 3. The van der Waals surface area contributed by atoms with Crippen LogP contribution < -0.4 is 15.8 Å². The fraction of sp³-hybridized carbons (Fsp3) is 0.435. The van der Waals surface area contributed by atoms with Crippen molar-refractivity contribution in [3.8, 4) is 5.75 Å². The van der Waals surface area contributed by atoms with E-state index in [1.165, 1.54) is 31.5 Å². The van der Waals surface area contributed by atoms with Crippen LogP contribution in [0.5, 0.6) is 5.75 Å². The molecule has 0 aliphatic carbocycles. The zero-order valence-electron chi connectivity index (χ0n) is 19.3. The van der Waals surface area contributed by atoms with Crippen LogP contribution in [-0.4, -0.2) is 49.3 Å². The van der Waals surface area contributed by atoms with Crippen molar-refractivity contribution in [3.63, 3.8) is 0 Å². The highest BCUT2D eigenvalue weighted by molar-refractivity contribution is 5.96. The molecule has 1 unspecified atom stereocenters. The summed E-state index contributed by atoms with van der Waals surface area (Å²) in [5, 5.41) is 2.69. The Morgan fingerprint density at radius 2 is 1.94 bits per heavy atom. The molecule has 2 amide bonds. The lowest BCUT2D eigenvalue weighted by molar-refractivity contribution is -0.126. The molecule has 10 heteroatoms. The van der Waals surface area contributed by atoms with E-state index in [2.05, 4.69) is 10.3 Å². The monoisotopic (exact) mass is 467 g/mol. The van der Waals surface area contributed by atoms with Crippen LogP contribution in [0.3, 0.4) is 0 Å². The number of pyridine rings is 1. The number of anilines is 1. The number of methoxy groups -OCH3 is 1. The molecule has 0 radical (unpaired) electrons. The normalized spacial score (nSPS) is 16.5. The second-order valence-electron chi connectivity index (χ2n) is 6.69. The molecule has 0 saturated carbocycles. The van der Waals surface area contributed by atoms with Crippen LogP contribution in [0.25, 0.3) is 0 Å². The van der Waals surface area contributed by atoms with Gasteiger partial charge in [-0.05, 0) is 44.0 Å². The summed E-state index contributed by atoms with van der Waals surface area (Å²) in [6.07, 6.45) is 2.69. The second-order valence-corrected chi connectivity index (χ2v) is 6.69. The van der Waals surface area contributed by atoms with Crippen molar-refractivity contribution in [3.05, 3.63) is 53.9 Å². The van der Waals surface area contributed by atoms with Crippen molar-refractivity contribution in [2.75, 3.05) is 25.6 Å². The van der Waals surface area contributed by atoms with Crippen molar-refractivity contribution < 1.29 is 32.6 Å². The number of primary amides is 1. The van der Waals surface area contributed by atoms with Gasteiger partial charge in [0.25, 0.3) is 11.8 Å². The van der Waals surface area contributed by atoms with E-state index in [1.807, 2.05) is 20.8 Å². The van der Waals surface area contributed by atoms with Gasteiger partial charge in [-0.15, -0.1) is 0 Å². The van der Waals surface area contributed by atoms with Crippen LogP contribution in [0.15, 0.2) is 36.5 Å². The fourth-order valence-corrected chi connectivity index (χ4v) is 2.69. The lowest BCUT2D eigenvalue weighted by Gasteiger charge is -2.11. The molecule has 2 heterocycles. The standard InChI is InChI=1S/C12H15N3O3.C9H10F2O2.C2H6/c1-7-2-3-10(18-7)12(17)15-8-4-5-14-9(6-8)11(13)16;1-12-5-6-13-8-4-2-3-7(10)9(8)11;1-2/h4-7,10H,2-3H2,1H3,(H2,13,16)(H,14,15,17);2-4H,5-6H2,1H3;1-2H3/t7?,10-;;/m1../s1. The van der Waals surface area contributed by atoms with Crippen LogP contribution >= 0.6 is 0 Å². The number of amides is 2. The van der Waals surface area contributed by atoms with Gasteiger partial charge in [-0.1, -0.05) is 19.9 Å². The minimum Gasteiger partial charge on any atom is -0.488 e. The van der Waals surface area contributed by atoms with Gasteiger partial charge >= 0.3 is 0 Å². The Labute approximate surface area is 192 Å². The molecule has 1 aromatic carbocycles. The summed E-state index contributed by atoms with van der Waals surface area (Å²) in [6.45, 7) is 6.48.